The number of nitrogens with two attached hydrogens (primary N) is 1. The lowest BCUT2D eigenvalue weighted by molar-refractivity contribution is 0.102. The molecule has 2 aromatic carbocycles. The fourth-order valence-electron chi connectivity index (χ4n) is 1.77. The van der Waals surface area contributed by atoms with Crippen molar-refractivity contribution in [3.05, 3.63) is 57.8 Å². The number of benzene rings is 2. The van der Waals surface area contributed by atoms with E-state index in [0.29, 0.717) is 10.2 Å². The summed E-state index contributed by atoms with van der Waals surface area (Å²) in [5.41, 5.74) is 2.72. The Morgan fingerprint density at radius 3 is 2.76 bits per heavy atom. The van der Waals surface area contributed by atoms with E-state index in [4.69, 9.17) is 11.1 Å². The van der Waals surface area contributed by atoms with E-state index in [2.05, 4.69) is 26.7 Å². The molecule has 0 spiro atoms. The zero-order chi connectivity index (χ0) is 15.4. The minimum atomic E-state index is -0.638. The number of nitrogens with zero attached hydrogens (tertiary/aromatic N) is 1. The van der Waals surface area contributed by atoms with Gasteiger partial charge in [0, 0.05) is 4.47 Å². The Balaban J connectivity index is 2.36. The van der Waals surface area contributed by atoms with Crippen LogP contribution in [0.3, 0.4) is 0 Å². The monoisotopic (exact) mass is 348 g/mol. The first-order valence-electron chi connectivity index (χ1n) is 5.83. The summed E-state index contributed by atoms with van der Waals surface area (Å²) in [5.74, 6) is 4.02. The Morgan fingerprint density at radius 1 is 1.33 bits per heavy atom. The summed E-state index contributed by atoms with van der Waals surface area (Å²) in [4.78, 5) is 12.2. The van der Waals surface area contributed by atoms with Crippen LogP contribution in [-0.4, -0.2) is 5.91 Å². The van der Waals surface area contributed by atoms with E-state index in [1.54, 1.807) is 18.2 Å². The summed E-state index contributed by atoms with van der Waals surface area (Å²) in [5, 5.41) is 11.6. The number of halogens is 2. The topological polar surface area (TPSA) is 90.9 Å². The van der Waals surface area contributed by atoms with Gasteiger partial charge >= 0.3 is 0 Å². The zero-order valence-electron chi connectivity index (χ0n) is 10.7. The van der Waals surface area contributed by atoms with E-state index in [9.17, 15) is 9.18 Å². The van der Waals surface area contributed by atoms with Crippen LogP contribution >= 0.6 is 15.9 Å². The number of nitriles is 1. The van der Waals surface area contributed by atoms with Gasteiger partial charge in [0.15, 0.2) is 0 Å². The Labute approximate surface area is 128 Å². The second-order valence-electron chi connectivity index (χ2n) is 4.06. The smallest absolute Gasteiger partial charge is 0.257 e. The predicted molar refractivity (Wildman–Crippen MR) is 81.0 cm³/mol. The van der Waals surface area contributed by atoms with Crippen LogP contribution < -0.4 is 16.6 Å². The van der Waals surface area contributed by atoms with Crippen molar-refractivity contribution >= 4 is 33.2 Å². The third kappa shape index (κ3) is 3.18. The molecular formula is C14H10BrFN4O. The van der Waals surface area contributed by atoms with Gasteiger partial charge in [0.1, 0.15) is 11.9 Å². The van der Waals surface area contributed by atoms with Crippen LogP contribution in [0.15, 0.2) is 40.9 Å². The highest BCUT2D eigenvalue weighted by Crippen LogP contribution is 2.23. The number of para-hydroxylation sites is 1. The maximum Gasteiger partial charge on any atom is 0.257 e. The fraction of sp³-hybridized carbons (Fsp3) is 0. The van der Waals surface area contributed by atoms with Gasteiger partial charge in [0.25, 0.3) is 5.91 Å². The summed E-state index contributed by atoms with van der Waals surface area (Å²) in [6.07, 6.45) is 0. The molecule has 2 rings (SSSR count). The van der Waals surface area contributed by atoms with Crippen LogP contribution in [0.1, 0.15) is 15.9 Å². The van der Waals surface area contributed by atoms with Gasteiger partial charge in [-0.25, -0.2) is 4.39 Å². The van der Waals surface area contributed by atoms with Gasteiger partial charge in [0.05, 0.1) is 22.5 Å². The maximum absolute atomic E-state index is 13.6. The van der Waals surface area contributed by atoms with Gasteiger partial charge in [-0.15, -0.1) is 0 Å². The number of carbonyl (C=O) groups is 1. The Hall–Kier alpha value is -2.43. The van der Waals surface area contributed by atoms with Crippen molar-refractivity contribution in [1.82, 2.24) is 0 Å². The number of anilines is 2. The number of hydrogen-bond acceptors (Lipinski definition) is 4. The number of nitrogens with one attached hydrogen (secondary N) is 2. The molecule has 0 bridgehead atoms. The molecule has 0 saturated carbocycles. The SMILES string of the molecule is N#Cc1cc(Br)ccc1NC(=O)c1cccc(F)c1NN. The van der Waals surface area contributed by atoms with Crippen LogP contribution in [0.2, 0.25) is 0 Å². The van der Waals surface area contributed by atoms with E-state index in [-0.39, 0.29) is 16.8 Å². The standard InChI is InChI=1S/C14H10BrFN4O/c15-9-4-5-12(8(6-9)7-17)19-14(21)10-2-1-3-11(16)13(10)20-18/h1-6,20H,18H2,(H,19,21). The number of hydrogen-bond donors (Lipinski definition) is 3. The average molecular weight is 349 g/mol. The Morgan fingerprint density at radius 2 is 2.10 bits per heavy atom. The minimum absolute atomic E-state index is 0.0457. The molecule has 0 aliphatic heterocycles. The molecule has 0 aliphatic carbocycles. The highest BCUT2D eigenvalue weighted by atomic mass is 79.9. The molecule has 0 aromatic heterocycles. The van der Waals surface area contributed by atoms with Gasteiger partial charge in [-0.05, 0) is 30.3 Å². The molecule has 0 atom stereocenters. The van der Waals surface area contributed by atoms with Crippen LogP contribution in [0.4, 0.5) is 15.8 Å². The second-order valence-corrected chi connectivity index (χ2v) is 4.98. The van der Waals surface area contributed by atoms with Crippen LogP contribution in [0.25, 0.3) is 0 Å². The molecule has 0 heterocycles. The van der Waals surface area contributed by atoms with Gasteiger partial charge < -0.3 is 10.7 Å². The molecule has 4 N–H and O–H groups in total. The van der Waals surface area contributed by atoms with Gasteiger partial charge in [0.2, 0.25) is 0 Å². The van der Waals surface area contributed by atoms with Crippen LogP contribution in [0.5, 0.6) is 0 Å². The maximum atomic E-state index is 13.6. The van der Waals surface area contributed by atoms with Gasteiger partial charge in [-0.3, -0.25) is 10.6 Å². The lowest BCUT2D eigenvalue weighted by atomic mass is 10.1. The summed E-state index contributed by atoms with van der Waals surface area (Å²) in [6.45, 7) is 0. The first-order valence-corrected chi connectivity index (χ1v) is 6.62. The molecule has 7 heteroatoms. The molecule has 2 aromatic rings. The number of amides is 1. The quantitative estimate of drug-likeness (QED) is 0.587. The largest absolute Gasteiger partial charge is 0.321 e. The van der Waals surface area contributed by atoms with Crippen molar-refractivity contribution in [2.75, 3.05) is 10.7 Å². The molecular weight excluding hydrogens is 339 g/mol. The summed E-state index contributed by atoms with van der Waals surface area (Å²) in [7, 11) is 0. The molecule has 0 radical (unpaired) electrons. The first-order chi connectivity index (χ1) is 10.1. The van der Waals surface area contributed by atoms with E-state index in [1.165, 1.54) is 18.2 Å². The Kier molecular flexibility index (Phi) is 4.52. The molecule has 0 unspecified atom stereocenters. The molecule has 0 saturated heterocycles. The second kappa shape index (κ2) is 6.35. The lowest BCUT2D eigenvalue weighted by Crippen LogP contribution is -2.18. The molecule has 1 amide bonds. The van der Waals surface area contributed by atoms with Crippen molar-refractivity contribution in [3.8, 4) is 6.07 Å². The fourth-order valence-corrected chi connectivity index (χ4v) is 2.13. The van der Waals surface area contributed by atoms with Crippen molar-refractivity contribution in [2.24, 2.45) is 5.84 Å². The van der Waals surface area contributed by atoms with Crippen LogP contribution in [0, 0.1) is 17.1 Å². The number of hydrazine groups is 1. The van der Waals surface area contributed by atoms with Crippen molar-refractivity contribution < 1.29 is 9.18 Å². The zero-order valence-corrected chi connectivity index (χ0v) is 12.2. The van der Waals surface area contributed by atoms with E-state index < -0.39 is 11.7 Å². The van der Waals surface area contributed by atoms with E-state index in [1.807, 2.05) is 6.07 Å². The van der Waals surface area contributed by atoms with Crippen LogP contribution in [-0.2, 0) is 0 Å². The van der Waals surface area contributed by atoms with E-state index >= 15 is 0 Å². The van der Waals surface area contributed by atoms with E-state index in [0.717, 1.165) is 0 Å². The molecule has 0 fully saturated rings. The van der Waals surface area contributed by atoms with Gasteiger partial charge in [-0.2, -0.15) is 5.26 Å². The number of rotatable bonds is 3. The summed E-state index contributed by atoms with van der Waals surface area (Å²) < 4.78 is 14.3. The molecule has 21 heavy (non-hydrogen) atoms. The normalized spacial score (nSPS) is 9.81. The highest BCUT2D eigenvalue weighted by Gasteiger charge is 2.15. The molecule has 106 valence electrons. The van der Waals surface area contributed by atoms with Gasteiger partial charge in [-0.1, -0.05) is 22.0 Å². The third-order valence-electron chi connectivity index (χ3n) is 2.75. The van der Waals surface area contributed by atoms with Crippen molar-refractivity contribution in [3.63, 3.8) is 0 Å². The first kappa shape index (κ1) is 15.0. The number of nitrogen functional groups attached to an aromatic ring is 1. The third-order valence-corrected chi connectivity index (χ3v) is 3.25. The summed E-state index contributed by atoms with van der Waals surface area (Å²) >= 11 is 3.24. The molecule has 0 aliphatic rings. The Bertz CT molecular complexity index is 742. The highest BCUT2D eigenvalue weighted by molar-refractivity contribution is 9.10. The average Bonchev–Trinajstić information content (AvgIpc) is 2.48. The minimum Gasteiger partial charge on any atom is -0.321 e. The number of carbonyl (C=O) groups excluding carboxylic acids is 1. The van der Waals surface area contributed by atoms with Crippen molar-refractivity contribution in [1.29, 1.82) is 5.26 Å². The van der Waals surface area contributed by atoms with Crippen molar-refractivity contribution in [2.45, 2.75) is 0 Å². The predicted octanol–water partition coefficient (Wildman–Crippen LogP) is 3.00. The summed E-state index contributed by atoms with van der Waals surface area (Å²) in [6, 6.07) is 10.8. The lowest BCUT2D eigenvalue weighted by Gasteiger charge is -2.11. The molecule has 5 nitrogen and oxygen atoms in total.